The van der Waals surface area contributed by atoms with Gasteiger partial charge >= 0.3 is 0 Å². The van der Waals surface area contributed by atoms with E-state index in [1.807, 2.05) is 11.3 Å². The molecule has 1 saturated carbocycles. The highest BCUT2D eigenvalue weighted by Crippen LogP contribution is 2.27. The summed E-state index contributed by atoms with van der Waals surface area (Å²) in [6.45, 7) is 3.53. The van der Waals surface area contributed by atoms with Gasteiger partial charge < -0.3 is 15.7 Å². The summed E-state index contributed by atoms with van der Waals surface area (Å²) in [5.74, 6) is 1.84. The molecule has 8 heteroatoms. The maximum atomic E-state index is 12.8. The average Bonchev–Trinajstić information content (AvgIpc) is 3.12. The van der Waals surface area contributed by atoms with Crippen LogP contribution in [0.25, 0.3) is 22.5 Å². The minimum Gasteiger partial charge on any atom is -0.390 e. The predicted molar refractivity (Wildman–Crippen MR) is 96.9 cm³/mol. The Morgan fingerprint density at radius 1 is 1.52 bits per heavy atom. The van der Waals surface area contributed by atoms with Gasteiger partial charge in [-0.05, 0) is 25.2 Å². The maximum Gasteiger partial charge on any atom is 0.280 e. The standard InChI is InChI=1S/C17H21N7O/c1-2-6-24-16(25)13-15(23-7-5-20-17(23)24)22-14(21-13)12(8-18)10-19-9-11-3-4-11/h5,7-8,10-11,18-19H,2-4,6,9H2,1H3,(H,21,22)/b12-10+,18-8?. The first-order valence-electron chi connectivity index (χ1n) is 8.63. The molecule has 0 saturated heterocycles. The van der Waals surface area contributed by atoms with Gasteiger partial charge in [0.1, 0.15) is 5.82 Å². The topological polar surface area (TPSA) is 104 Å². The molecule has 1 fully saturated rings. The zero-order valence-electron chi connectivity index (χ0n) is 14.1. The van der Waals surface area contributed by atoms with Crippen LogP contribution >= 0.6 is 0 Å². The quantitative estimate of drug-likeness (QED) is 0.571. The Morgan fingerprint density at radius 2 is 2.36 bits per heavy atom. The number of hydrogen-bond acceptors (Lipinski definition) is 5. The molecule has 0 radical (unpaired) electrons. The van der Waals surface area contributed by atoms with Crippen LogP contribution in [0.4, 0.5) is 0 Å². The molecule has 8 nitrogen and oxygen atoms in total. The molecule has 130 valence electrons. The summed E-state index contributed by atoms with van der Waals surface area (Å²) >= 11 is 0. The fourth-order valence-corrected chi connectivity index (χ4v) is 2.97. The van der Waals surface area contributed by atoms with Gasteiger partial charge in [-0.1, -0.05) is 6.92 Å². The number of allylic oxidation sites excluding steroid dienone is 1. The Balaban J connectivity index is 1.82. The number of aromatic amines is 1. The third-order valence-corrected chi connectivity index (χ3v) is 4.47. The fourth-order valence-electron chi connectivity index (χ4n) is 2.97. The molecule has 0 aliphatic heterocycles. The molecule has 1 aliphatic carbocycles. The van der Waals surface area contributed by atoms with Gasteiger partial charge in [0.15, 0.2) is 11.2 Å². The van der Waals surface area contributed by atoms with E-state index in [1.54, 1.807) is 23.2 Å². The number of imidazole rings is 2. The number of rotatable bonds is 7. The van der Waals surface area contributed by atoms with Crippen molar-refractivity contribution in [3.05, 3.63) is 34.8 Å². The van der Waals surface area contributed by atoms with Crippen molar-refractivity contribution in [3.63, 3.8) is 0 Å². The van der Waals surface area contributed by atoms with E-state index in [9.17, 15) is 4.79 Å². The van der Waals surface area contributed by atoms with Crippen molar-refractivity contribution in [3.8, 4) is 0 Å². The van der Waals surface area contributed by atoms with Crippen molar-refractivity contribution in [2.45, 2.75) is 32.7 Å². The molecule has 25 heavy (non-hydrogen) atoms. The Hall–Kier alpha value is -2.90. The van der Waals surface area contributed by atoms with Crippen LogP contribution in [0.15, 0.2) is 23.4 Å². The highest BCUT2D eigenvalue weighted by molar-refractivity contribution is 6.07. The maximum absolute atomic E-state index is 12.8. The van der Waals surface area contributed by atoms with Crippen molar-refractivity contribution in [2.75, 3.05) is 6.54 Å². The van der Waals surface area contributed by atoms with Crippen LogP contribution in [0.5, 0.6) is 0 Å². The monoisotopic (exact) mass is 339 g/mol. The summed E-state index contributed by atoms with van der Waals surface area (Å²) in [4.78, 5) is 24.8. The summed E-state index contributed by atoms with van der Waals surface area (Å²) in [6, 6.07) is 0. The van der Waals surface area contributed by atoms with E-state index < -0.39 is 0 Å². The Kier molecular flexibility index (Phi) is 3.87. The van der Waals surface area contributed by atoms with Gasteiger partial charge in [-0.15, -0.1) is 0 Å². The lowest BCUT2D eigenvalue weighted by molar-refractivity contribution is 0.663. The molecule has 0 unspecified atom stereocenters. The summed E-state index contributed by atoms with van der Waals surface area (Å²) < 4.78 is 3.47. The first-order chi connectivity index (χ1) is 12.2. The molecule has 3 N–H and O–H groups in total. The number of aromatic nitrogens is 5. The van der Waals surface area contributed by atoms with E-state index in [0.717, 1.165) is 18.9 Å². The van der Waals surface area contributed by atoms with Crippen LogP contribution in [0.3, 0.4) is 0 Å². The zero-order valence-corrected chi connectivity index (χ0v) is 14.1. The van der Waals surface area contributed by atoms with Crippen LogP contribution in [-0.4, -0.2) is 36.7 Å². The molecule has 3 heterocycles. The summed E-state index contributed by atoms with van der Waals surface area (Å²) in [7, 11) is 0. The first kappa shape index (κ1) is 15.6. The van der Waals surface area contributed by atoms with Crippen LogP contribution in [0.2, 0.25) is 0 Å². The second-order valence-corrected chi connectivity index (χ2v) is 6.43. The number of hydrogen-bond donors (Lipinski definition) is 3. The highest BCUT2D eigenvalue weighted by atomic mass is 16.1. The van der Waals surface area contributed by atoms with Crippen molar-refractivity contribution in [1.29, 1.82) is 5.41 Å². The molecule has 4 rings (SSSR count). The van der Waals surface area contributed by atoms with Gasteiger partial charge in [-0.2, -0.15) is 0 Å². The third kappa shape index (κ3) is 2.73. The van der Waals surface area contributed by atoms with E-state index in [-0.39, 0.29) is 5.56 Å². The molecule has 0 amide bonds. The smallest absolute Gasteiger partial charge is 0.280 e. The molecule has 3 aromatic rings. The number of nitrogens with zero attached hydrogens (tertiary/aromatic N) is 4. The molecule has 0 aromatic carbocycles. The van der Waals surface area contributed by atoms with E-state index in [0.29, 0.717) is 34.9 Å². The van der Waals surface area contributed by atoms with Crippen LogP contribution in [0, 0.1) is 11.3 Å². The number of nitrogens with one attached hydrogen (secondary N) is 3. The minimum absolute atomic E-state index is 0.135. The molecule has 1 aliphatic rings. The normalized spacial score (nSPS) is 15.2. The van der Waals surface area contributed by atoms with Crippen molar-refractivity contribution < 1.29 is 0 Å². The second kappa shape index (κ2) is 6.19. The summed E-state index contributed by atoms with van der Waals surface area (Å²) in [6.07, 6.45) is 9.87. The van der Waals surface area contributed by atoms with Gasteiger partial charge in [0.05, 0.1) is 5.57 Å². The fraction of sp³-hybridized carbons (Fsp3) is 0.412. The average molecular weight is 339 g/mol. The minimum atomic E-state index is -0.135. The van der Waals surface area contributed by atoms with Gasteiger partial charge in [-0.3, -0.25) is 13.8 Å². The van der Waals surface area contributed by atoms with Gasteiger partial charge in [0.2, 0.25) is 5.78 Å². The van der Waals surface area contributed by atoms with Gasteiger partial charge in [-0.25, -0.2) is 9.97 Å². The Labute approximate surface area is 144 Å². The Morgan fingerprint density at radius 3 is 3.08 bits per heavy atom. The lowest BCUT2D eigenvalue weighted by Gasteiger charge is -2.05. The van der Waals surface area contributed by atoms with Crippen LogP contribution in [-0.2, 0) is 6.54 Å². The zero-order chi connectivity index (χ0) is 17.4. The van der Waals surface area contributed by atoms with E-state index in [2.05, 4.69) is 20.3 Å². The van der Waals surface area contributed by atoms with Gasteiger partial charge in [0.25, 0.3) is 5.56 Å². The molecular formula is C17H21N7O. The van der Waals surface area contributed by atoms with Crippen molar-refractivity contribution >= 4 is 28.7 Å². The number of aryl methyl sites for hydroxylation is 1. The van der Waals surface area contributed by atoms with Crippen molar-refractivity contribution in [1.82, 2.24) is 29.2 Å². The Bertz CT molecular complexity index is 1020. The third-order valence-electron chi connectivity index (χ3n) is 4.47. The highest BCUT2D eigenvalue weighted by Gasteiger charge is 2.20. The SMILES string of the molecule is CCCn1c(=O)c2[nH]c(/C(C=N)=C/NCC3CC3)nc2n2ccnc12. The summed E-state index contributed by atoms with van der Waals surface area (Å²) in [5, 5.41) is 10.9. The molecule has 0 spiro atoms. The molecule has 0 atom stereocenters. The van der Waals surface area contributed by atoms with Crippen molar-refractivity contribution in [2.24, 2.45) is 5.92 Å². The lowest BCUT2D eigenvalue weighted by atomic mass is 10.3. The molecular weight excluding hydrogens is 318 g/mol. The van der Waals surface area contributed by atoms with Crippen LogP contribution < -0.4 is 10.9 Å². The predicted octanol–water partition coefficient (Wildman–Crippen LogP) is 1.77. The van der Waals surface area contributed by atoms with Gasteiger partial charge in [0, 0.05) is 37.9 Å². The molecule has 3 aromatic heterocycles. The van der Waals surface area contributed by atoms with E-state index in [4.69, 9.17) is 5.41 Å². The number of H-pyrrole nitrogens is 1. The largest absolute Gasteiger partial charge is 0.390 e. The summed E-state index contributed by atoms with van der Waals surface area (Å²) in [5.41, 5.74) is 1.45. The first-order valence-corrected chi connectivity index (χ1v) is 8.63. The van der Waals surface area contributed by atoms with E-state index in [1.165, 1.54) is 19.1 Å². The second-order valence-electron chi connectivity index (χ2n) is 6.43. The van der Waals surface area contributed by atoms with E-state index >= 15 is 0 Å². The molecule has 0 bridgehead atoms. The lowest BCUT2D eigenvalue weighted by Crippen LogP contribution is -2.23. The van der Waals surface area contributed by atoms with Crippen LogP contribution in [0.1, 0.15) is 32.0 Å². The number of fused-ring (bicyclic) bond motifs is 3.